The van der Waals surface area contributed by atoms with E-state index in [1.54, 1.807) is 18.2 Å². The Morgan fingerprint density at radius 1 is 1.03 bits per heavy atom. The average molecular weight is 454 g/mol. The standard InChI is InChI=1S/C24H27N3O4S/c1-31-19-12-6-4-10-17(19)25-21(28)16-27-18-11-5-7-13-20(18)32-22(24(27)30)23(29)26-14-8-2-3-9-15-26/h4-7,10-13,22H,2-3,8-9,14-16H2,1H3,(H,25,28). The number of ether oxygens (including phenoxy) is 1. The number of nitrogens with one attached hydrogen (secondary N) is 1. The number of fused-ring (bicyclic) bond motifs is 1. The molecule has 168 valence electrons. The van der Waals surface area contributed by atoms with Crippen LogP contribution in [-0.2, 0) is 14.4 Å². The summed E-state index contributed by atoms with van der Waals surface area (Å²) in [5, 5.41) is 1.94. The smallest absolute Gasteiger partial charge is 0.250 e. The van der Waals surface area contributed by atoms with E-state index in [0.717, 1.165) is 30.6 Å². The lowest BCUT2D eigenvalue weighted by Gasteiger charge is -2.34. The van der Waals surface area contributed by atoms with Gasteiger partial charge in [0.15, 0.2) is 5.25 Å². The second-order valence-electron chi connectivity index (χ2n) is 7.88. The molecule has 8 heteroatoms. The molecule has 1 fully saturated rings. The van der Waals surface area contributed by atoms with Crippen LogP contribution in [0, 0.1) is 0 Å². The summed E-state index contributed by atoms with van der Waals surface area (Å²) < 4.78 is 5.29. The van der Waals surface area contributed by atoms with Crippen LogP contribution in [-0.4, -0.2) is 54.6 Å². The molecule has 0 spiro atoms. The highest BCUT2D eigenvalue weighted by atomic mass is 32.2. The predicted molar refractivity (Wildman–Crippen MR) is 125 cm³/mol. The Labute approximate surface area is 192 Å². The van der Waals surface area contributed by atoms with Gasteiger partial charge in [0.05, 0.1) is 18.5 Å². The molecule has 2 heterocycles. The molecule has 2 aliphatic rings. The minimum atomic E-state index is -0.873. The Morgan fingerprint density at radius 3 is 2.47 bits per heavy atom. The minimum absolute atomic E-state index is 0.161. The molecule has 32 heavy (non-hydrogen) atoms. The van der Waals surface area contributed by atoms with Crippen LogP contribution >= 0.6 is 11.8 Å². The summed E-state index contributed by atoms with van der Waals surface area (Å²) in [7, 11) is 1.53. The third-order valence-corrected chi connectivity index (χ3v) is 6.95. The summed E-state index contributed by atoms with van der Waals surface area (Å²) in [6.45, 7) is 1.18. The maximum absolute atomic E-state index is 13.4. The molecule has 0 bridgehead atoms. The number of methoxy groups -OCH3 is 1. The van der Waals surface area contributed by atoms with Crippen LogP contribution in [0.2, 0.25) is 0 Å². The molecule has 7 nitrogen and oxygen atoms in total. The Balaban J connectivity index is 1.55. The van der Waals surface area contributed by atoms with Crippen LogP contribution in [0.4, 0.5) is 11.4 Å². The van der Waals surface area contributed by atoms with Gasteiger partial charge in [-0.15, -0.1) is 11.8 Å². The number of anilines is 2. The molecule has 0 saturated carbocycles. The lowest BCUT2D eigenvalue weighted by atomic mass is 10.2. The van der Waals surface area contributed by atoms with Gasteiger partial charge in [-0.05, 0) is 37.1 Å². The topological polar surface area (TPSA) is 79.0 Å². The van der Waals surface area contributed by atoms with Crippen LogP contribution in [0.3, 0.4) is 0 Å². The van der Waals surface area contributed by atoms with Gasteiger partial charge in [-0.2, -0.15) is 0 Å². The van der Waals surface area contributed by atoms with Gasteiger partial charge >= 0.3 is 0 Å². The Kier molecular flexibility index (Phi) is 6.99. The van der Waals surface area contributed by atoms with Gasteiger partial charge in [-0.3, -0.25) is 14.4 Å². The fourth-order valence-corrected chi connectivity index (χ4v) is 5.26. The summed E-state index contributed by atoms with van der Waals surface area (Å²) in [6.07, 6.45) is 4.12. The highest BCUT2D eigenvalue weighted by molar-refractivity contribution is 8.01. The fraction of sp³-hybridized carbons (Fsp3) is 0.375. The minimum Gasteiger partial charge on any atom is -0.495 e. The number of hydrogen-bond acceptors (Lipinski definition) is 5. The monoisotopic (exact) mass is 453 g/mol. The maximum Gasteiger partial charge on any atom is 0.250 e. The number of thioether (sulfide) groups is 1. The van der Waals surface area contributed by atoms with Crippen molar-refractivity contribution in [3.63, 3.8) is 0 Å². The first kappa shape index (κ1) is 22.2. The SMILES string of the molecule is COc1ccccc1NC(=O)CN1C(=O)C(C(=O)N2CCCCCC2)Sc2ccccc21. The molecule has 2 aromatic carbocycles. The number of hydrogen-bond donors (Lipinski definition) is 1. The number of likely N-dealkylation sites (tertiary alicyclic amines) is 1. The van der Waals surface area contributed by atoms with Crippen LogP contribution in [0.5, 0.6) is 5.75 Å². The second-order valence-corrected chi connectivity index (χ2v) is 9.02. The van der Waals surface area contributed by atoms with Crippen molar-refractivity contribution in [2.24, 2.45) is 0 Å². The number of para-hydroxylation sites is 3. The Morgan fingerprint density at radius 2 is 1.72 bits per heavy atom. The molecule has 0 aromatic heterocycles. The lowest BCUT2D eigenvalue weighted by molar-refractivity contribution is -0.135. The van der Waals surface area contributed by atoms with E-state index in [9.17, 15) is 14.4 Å². The summed E-state index contributed by atoms with van der Waals surface area (Å²) in [4.78, 5) is 43.6. The maximum atomic E-state index is 13.4. The molecule has 0 radical (unpaired) electrons. The van der Waals surface area contributed by atoms with Crippen molar-refractivity contribution in [2.75, 3.05) is 37.0 Å². The molecule has 3 amide bonds. The number of nitrogens with zero attached hydrogens (tertiary/aromatic N) is 2. The molecule has 1 N–H and O–H groups in total. The number of benzene rings is 2. The first-order chi connectivity index (χ1) is 15.6. The van der Waals surface area contributed by atoms with Crippen molar-refractivity contribution in [3.8, 4) is 5.75 Å². The van der Waals surface area contributed by atoms with E-state index in [1.165, 1.54) is 23.8 Å². The predicted octanol–water partition coefficient (Wildman–Crippen LogP) is 3.54. The van der Waals surface area contributed by atoms with Crippen molar-refractivity contribution in [2.45, 2.75) is 35.8 Å². The van der Waals surface area contributed by atoms with E-state index in [1.807, 2.05) is 35.2 Å². The molecule has 1 saturated heterocycles. The Bertz CT molecular complexity index is 1000. The zero-order valence-electron chi connectivity index (χ0n) is 18.1. The molecular formula is C24H27N3O4S. The van der Waals surface area contributed by atoms with Gasteiger partial charge in [0.25, 0.3) is 5.91 Å². The quantitative estimate of drug-likeness (QED) is 0.701. The van der Waals surface area contributed by atoms with Crippen LogP contribution in [0.15, 0.2) is 53.4 Å². The molecule has 4 rings (SSSR count). The van der Waals surface area contributed by atoms with Crippen molar-refractivity contribution in [3.05, 3.63) is 48.5 Å². The van der Waals surface area contributed by atoms with Crippen LogP contribution in [0.25, 0.3) is 0 Å². The molecule has 2 aromatic rings. The normalized spacial score (nSPS) is 18.5. The number of carbonyl (C=O) groups excluding carboxylic acids is 3. The van der Waals surface area contributed by atoms with Crippen molar-refractivity contribution in [1.29, 1.82) is 0 Å². The van der Waals surface area contributed by atoms with E-state index in [2.05, 4.69) is 5.32 Å². The van der Waals surface area contributed by atoms with Crippen molar-refractivity contribution in [1.82, 2.24) is 4.90 Å². The Hall–Kier alpha value is -3.00. The van der Waals surface area contributed by atoms with E-state index < -0.39 is 5.25 Å². The fourth-order valence-electron chi connectivity index (χ4n) is 4.07. The third-order valence-electron chi connectivity index (χ3n) is 5.72. The van der Waals surface area contributed by atoms with Gasteiger partial charge < -0.3 is 19.9 Å². The molecule has 1 unspecified atom stereocenters. The largest absolute Gasteiger partial charge is 0.495 e. The highest BCUT2D eigenvalue weighted by Crippen LogP contribution is 2.40. The first-order valence-corrected chi connectivity index (χ1v) is 11.7. The van der Waals surface area contributed by atoms with E-state index in [0.29, 0.717) is 30.2 Å². The van der Waals surface area contributed by atoms with Crippen molar-refractivity contribution >= 4 is 40.9 Å². The number of carbonyl (C=O) groups is 3. The highest BCUT2D eigenvalue weighted by Gasteiger charge is 2.40. The molecular weight excluding hydrogens is 426 g/mol. The van der Waals surface area contributed by atoms with Gasteiger partial charge in [0, 0.05) is 18.0 Å². The first-order valence-electron chi connectivity index (χ1n) is 10.9. The lowest BCUT2D eigenvalue weighted by Crippen LogP contribution is -2.51. The zero-order chi connectivity index (χ0) is 22.5. The molecule has 0 aliphatic carbocycles. The molecule has 1 atom stereocenters. The summed E-state index contributed by atoms with van der Waals surface area (Å²) in [5.41, 5.74) is 1.18. The number of rotatable bonds is 5. The van der Waals surface area contributed by atoms with Gasteiger partial charge in [0.2, 0.25) is 11.8 Å². The van der Waals surface area contributed by atoms with Crippen LogP contribution in [0.1, 0.15) is 25.7 Å². The zero-order valence-corrected chi connectivity index (χ0v) is 18.9. The van der Waals surface area contributed by atoms with E-state index >= 15 is 0 Å². The summed E-state index contributed by atoms with van der Waals surface area (Å²) in [5.74, 6) is -0.328. The van der Waals surface area contributed by atoms with E-state index in [4.69, 9.17) is 4.74 Å². The van der Waals surface area contributed by atoms with Crippen molar-refractivity contribution < 1.29 is 19.1 Å². The van der Waals surface area contributed by atoms with Gasteiger partial charge in [-0.25, -0.2) is 0 Å². The van der Waals surface area contributed by atoms with Gasteiger partial charge in [-0.1, -0.05) is 37.1 Å². The second kappa shape index (κ2) is 10.1. The van der Waals surface area contributed by atoms with Crippen LogP contribution < -0.4 is 15.0 Å². The summed E-state index contributed by atoms with van der Waals surface area (Å²) >= 11 is 1.28. The number of amides is 3. The van der Waals surface area contributed by atoms with Gasteiger partial charge in [0.1, 0.15) is 12.3 Å². The third kappa shape index (κ3) is 4.75. The summed E-state index contributed by atoms with van der Waals surface area (Å²) in [6, 6.07) is 14.5. The molecule has 2 aliphatic heterocycles. The van der Waals surface area contributed by atoms with E-state index in [-0.39, 0.29) is 24.3 Å². The average Bonchev–Trinajstić information content (AvgIpc) is 3.10.